The van der Waals surface area contributed by atoms with Crippen LogP contribution >= 0.6 is 15.9 Å². The molecule has 62 valence electrons. The van der Waals surface area contributed by atoms with Gasteiger partial charge in [0.1, 0.15) is 6.10 Å². The van der Waals surface area contributed by atoms with Crippen LogP contribution in [-0.4, -0.2) is 17.4 Å². The molecular weight excluding hydrogens is 208 g/mol. The molecule has 0 aromatic rings. The third-order valence-electron chi connectivity index (χ3n) is 2.68. The summed E-state index contributed by atoms with van der Waals surface area (Å²) < 4.78 is 5.23. The summed E-state index contributed by atoms with van der Waals surface area (Å²) in [4.78, 5) is 11.3. The molecule has 2 aliphatic rings. The van der Waals surface area contributed by atoms with E-state index in [0.29, 0.717) is 0 Å². The van der Waals surface area contributed by atoms with Crippen molar-refractivity contribution in [2.75, 3.05) is 5.33 Å². The van der Waals surface area contributed by atoms with Gasteiger partial charge in [-0.2, -0.15) is 0 Å². The fraction of sp³-hybridized carbons (Fsp3) is 0.875. The second-order valence-electron chi connectivity index (χ2n) is 3.50. The topological polar surface area (TPSA) is 26.3 Å². The molecule has 2 rings (SSSR count). The number of halogens is 1. The average molecular weight is 219 g/mol. The van der Waals surface area contributed by atoms with Crippen LogP contribution in [0.4, 0.5) is 0 Å². The summed E-state index contributed by atoms with van der Waals surface area (Å²) in [5.74, 6) is 0.0493. The molecule has 0 aromatic carbocycles. The van der Waals surface area contributed by atoms with Gasteiger partial charge in [0.05, 0.1) is 5.41 Å². The lowest BCUT2D eigenvalue weighted by Gasteiger charge is -2.26. The van der Waals surface area contributed by atoms with Gasteiger partial charge in [-0.05, 0) is 25.7 Å². The van der Waals surface area contributed by atoms with E-state index in [1.165, 1.54) is 0 Å². The zero-order valence-corrected chi connectivity index (χ0v) is 7.89. The van der Waals surface area contributed by atoms with E-state index < -0.39 is 0 Å². The standard InChI is InChI=1S/C8H11BrO2/c9-5-6-1-2-8(3-4-8)7(10)11-6/h6H,1-5H2/t6-/m0/s1. The van der Waals surface area contributed by atoms with Crippen molar-refractivity contribution < 1.29 is 9.53 Å². The summed E-state index contributed by atoms with van der Waals surface area (Å²) in [6.45, 7) is 0. The lowest BCUT2D eigenvalue weighted by molar-refractivity contribution is -0.160. The van der Waals surface area contributed by atoms with E-state index >= 15 is 0 Å². The van der Waals surface area contributed by atoms with Gasteiger partial charge >= 0.3 is 5.97 Å². The number of carbonyl (C=O) groups excluding carboxylic acids is 1. The van der Waals surface area contributed by atoms with E-state index in [4.69, 9.17) is 4.74 Å². The molecule has 3 heteroatoms. The number of alkyl halides is 1. The highest BCUT2D eigenvalue weighted by Crippen LogP contribution is 2.53. The first kappa shape index (κ1) is 7.59. The van der Waals surface area contributed by atoms with Crippen LogP contribution in [0.3, 0.4) is 0 Å². The Morgan fingerprint density at radius 3 is 2.73 bits per heavy atom. The van der Waals surface area contributed by atoms with Gasteiger partial charge in [-0.1, -0.05) is 15.9 Å². The largest absolute Gasteiger partial charge is 0.461 e. The van der Waals surface area contributed by atoms with Gasteiger partial charge in [0, 0.05) is 5.33 Å². The van der Waals surface area contributed by atoms with Gasteiger partial charge in [-0.3, -0.25) is 4.79 Å². The Morgan fingerprint density at radius 1 is 1.55 bits per heavy atom. The molecule has 0 aromatic heterocycles. The van der Waals surface area contributed by atoms with Crippen LogP contribution in [-0.2, 0) is 9.53 Å². The number of rotatable bonds is 1. The quantitative estimate of drug-likeness (QED) is 0.497. The fourth-order valence-electron chi connectivity index (χ4n) is 1.59. The Morgan fingerprint density at radius 2 is 2.27 bits per heavy atom. The Labute approximate surface area is 74.4 Å². The van der Waals surface area contributed by atoms with Gasteiger partial charge in [-0.15, -0.1) is 0 Å². The SMILES string of the molecule is O=C1O[C@H](CBr)CCC12CC2. The number of cyclic esters (lactones) is 1. The number of carbonyl (C=O) groups is 1. The molecule has 1 spiro atoms. The summed E-state index contributed by atoms with van der Waals surface area (Å²) in [5.41, 5.74) is -0.0152. The van der Waals surface area contributed by atoms with Crippen LogP contribution < -0.4 is 0 Å². The molecule has 1 atom stereocenters. The molecule has 11 heavy (non-hydrogen) atoms. The number of esters is 1. The molecule has 1 saturated carbocycles. The van der Waals surface area contributed by atoms with Crippen LogP contribution in [0.1, 0.15) is 25.7 Å². The first-order chi connectivity index (χ1) is 5.27. The summed E-state index contributed by atoms with van der Waals surface area (Å²) in [7, 11) is 0. The second-order valence-corrected chi connectivity index (χ2v) is 4.15. The van der Waals surface area contributed by atoms with Gasteiger partial charge in [-0.25, -0.2) is 0 Å². The van der Waals surface area contributed by atoms with Crippen molar-refractivity contribution in [1.29, 1.82) is 0 Å². The maximum absolute atomic E-state index is 11.3. The smallest absolute Gasteiger partial charge is 0.312 e. The molecule has 0 bridgehead atoms. The molecular formula is C8H11BrO2. The highest BCUT2D eigenvalue weighted by atomic mass is 79.9. The van der Waals surface area contributed by atoms with E-state index in [9.17, 15) is 4.79 Å². The van der Waals surface area contributed by atoms with Crippen molar-refractivity contribution >= 4 is 21.9 Å². The van der Waals surface area contributed by atoms with Crippen LogP contribution in [0.25, 0.3) is 0 Å². The summed E-state index contributed by atoms with van der Waals surface area (Å²) in [6, 6.07) is 0. The third kappa shape index (κ3) is 1.19. The molecule has 2 nitrogen and oxygen atoms in total. The first-order valence-corrected chi connectivity index (χ1v) is 5.16. The Hall–Kier alpha value is -0.0500. The molecule has 1 saturated heterocycles. The molecule has 0 amide bonds. The maximum Gasteiger partial charge on any atom is 0.312 e. The highest BCUT2D eigenvalue weighted by Gasteiger charge is 2.53. The fourth-order valence-corrected chi connectivity index (χ4v) is 2.04. The van der Waals surface area contributed by atoms with E-state index in [1.54, 1.807) is 0 Å². The molecule has 1 heterocycles. The first-order valence-electron chi connectivity index (χ1n) is 4.04. The third-order valence-corrected chi connectivity index (χ3v) is 3.40. The normalized spacial score (nSPS) is 33.5. The minimum absolute atomic E-state index is 0.0152. The van der Waals surface area contributed by atoms with Crippen molar-refractivity contribution in [1.82, 2.24) is 0 Å². The highest BCUT2D eigenvalue weighted by molar-refractivity contribution is 9.09. The van der Waals surface area contributed by atoms with Crippen molar-refractivity contribution in [2.24, 2.45) is 5.41 Å². The van der Waals surface area contributed by atoms with Crippen molar-refractivity contribution in [2.45, 2.75) is 31.8 Å². The molecule has 1 aliphatic carbocycles. The monoisotopic (exact) mass is 218 g/mol. The van der Waals surface area contributed by atoms with Crippen molar-refractivity contribution in [3.05, 3.63) is 0 Å². The zero-order chi connectivity index (χ0) is 7.90. The lowest BCUT2D eigenvalue weighted by Crippen LogP contribution is -2.33. The van der Waals surface area contributed by atoms with Crippen LogP contribution in [0.2, 0.25) is 0 Å². The van der Waals surface area contributed by atoms with E-state index in [2.05, 4.69) is 15.9 Å². The second kappa shape index (κ2) is 2.47. The van der Waals surface area contributed by atoms with Gasteiger partial charge in [0.2, 0.25) is 0 Å². The predicted octanol–water partition coefficient (Wildman–Crippen LogP) is 1.87. The van der Waals surface area contributed by atoms with Crippen LogP contribution in [0, 0.1) is 5.41 Å². The zero-order valence-electron chi connectivity index (χ0n) is 6.31. The number of hydrogen-bond donors (Lipinski definition) is 0. The minimum Gasteiger partial charge on any atom is -0.461 e. The van der Waals surface area contributed by atoms with Crippen LogP contribution in [0.5, 0.6) is 0 Å². The van der Waals surface area contributed by atoms with E-state index in [0.717, 1.165) is 31.0 Å². The Kier molecular flexibility index (Phi) is 1.71. The molecule has 2 fully saturated rings. The number of hydrogen-bond acceptors (Lipinski definition) is 2. The Bertz CT molecular complexity index is 187. The number of ether oxygens (including phenoxy) is 1. The summed E-state index contributed by atoms with van der Waals surface area (Å²) in [6.07, 6.45) is 4.33. The summed E-state index contributed by atoms with van der Waals surface area (Å²) in [5, 5.41) is 0.787. The van der Waals surface area contributed by atoms with Crippen LogP contribution in [0.15, 0.2) is 0 Å². The maximum atomic E-state index is 11.3. The van der Waals surface area contributed by atoms with Crippen molar-refractivity contribution in [3.63, 3.8) is 0 Å². The Balaban J connectivity index is 2.00. The van der Waals surface area contributed by atoms with Gasteiger partial charge in [0.25, 0.3) is 0 Å². The summed E-state index contributed by atoms with van der Waals surface area (Å²) >= 11 is 3.32. The molecule has 0 N–H and O–H groups in total. The molecule has 0 unspecified atom stereocenters. The van der Waals surface area contributed by atoms with Gasteiger partial charge < -0.3 is 4.74 Å². The molecule has 1 aliphatic heterocycles. The predicted molar refractivity (Wildman–Crippen MR) is 44.6 cm³/mol. The van der Waals surface area contributed by atoms with Gasteiger partial charge in [0.15, 0.2) is 0 Å². The molecule has 0 radical (unpaired) electrons. The van der Waals surface area contributed by atoms with E-state index in [-0.39, 0.29) is 17.5 Å². The van der Waals surface area contributed by atoms with Crippen molar-refractivity contribution in [3.8, 4) is 0 Å². The van der Waals surface area contributed by atoms with E-state index in [1.807, 2.05) is 0 Å². The average Bonchev–Trinajstić information content (AvgIpc) is 2.77. The lowest BCUT2D eigenvalue weighted by atomic mass is 9.95. The minimum atomic E-state index is -0.0152.